The standard InChI is InChI=1S/C7H18N4.3ClH/c1-10-4-6-11(7-5-10)3-2-9-8;;;/h9H,2-8H2,1H3;3*1H. The second kappa shape index (κ2) is 11.8. The molecule has 1 heterocycles. The number of likely N-dealkylation sites (N-methyl/N-ethyl adjacent to an activating group) is 1. The first-order valence-corrected chi connectivity index (χ1v) is 4.17. The number of hydrazine groups is 1. The quantitative estimate of drug-likeness (QED) is 0.557. The van der Waals surface area contributed by atoms with E-state index in [2.05, 4.69) is 22.3 Å². The molecule has 0 radical (unpaired) electrons. The molecule has 0 saturated carbocycles. The molecule has 1 aliphatic rings. The van der Waals surface area contributed by atoms with Crippen LogP contribution in [0.5, 0.6) is 0 Å². The number of piperazine rings is 1. The Balaban J connectivity index is -0.000000403. The Bertz CT molecular complexity index is 106. The van der Waals surface area contributed by atoms with Crippen molar-refractivity contribution < 1.29 is 0 Å². The molecule has 0 spiro atoms. The number of rotatable bonds is 3. The van der Waals surface area contributed by atoms with Gasteiger partial charge >= 0.3 is 0 Å². The third kappa shape index (κ3) is 8.05. The van der Waals surface area contributed by atoms with Crippen LogP contribution in [0.1, 0.15) is 0 Å². The molecular formula is C7H21Cl3N4. The fourth-order valence-electron chi connectivity index (χ4n) is 1.29. The zero-order valence-electron chi connectivity index (χ0n) is 8.44. The van der Waals surface area contributed by atoms with Crippen LogP contribution < -0.4 is 11.3 Å². The number of hydrogen-bond acceptors (Lipinski definition) is 4. The molecule has 1 saturated heterocycles. The van der Waals surface area contributed by atoms with Crippen molar-refractivity contribution in [1.82, 2.24) is 15.2 Å². The van der Waals surface area contributed by atoms with Gasteiger partial charge in [0, 0.05) is 39.3 Å². The van der Waals surface area contributed by atoms with Gasteiger partial charge in [-0.1, -0.05) is 0 Å². The predicted molar refractivity (Wildman–Crippen MR) is 67.9 cm³/mol. The molecule has 0 aromatic carbocycles. The summed E-state index contributed by atoms with van der Waals surface area (Å²) in [4.78, 5) is 4.78. The molecular weight excluding hydrogens is 246 g/mol. The molecule has 0 aromatic heterocycles. The van der Waals surface area contributed by atoms with E-state index in [1.165, 1.54) is 26.2 Å². The van der Waals surface area contributed by atoms with Crippen LogP contribution in [0.4, 0.5) is 0 Å². The lowest BCUT2D eigenvalue weighted by Crippen LogP contribution is -2.47. The van der Waals surface area contributed by atoms with E-state index in [1.54, 1.807) is 0 Å². The summed E-state index contributed by atoms with van der Waals surface area (Å²) in [6, 6.07) is 0. The summed E-state index contributed by atoms with van der Waals surface area (Å²) in [5.41, 5.74) is 2.67. The molecule has 0 amide bonds. The Hall–Kier alpha value is 0.710. The molecule has 1 rings (SSSR count). The van der Waals surface area contributed by atoms with Crippen LogP contribution >= 0.6 is 37.2 Å². The third-order valence-electron chi connectivity index (χ3n) is 2.17. The van der Waals surface area contributed by atoms with E-state index in [-0.39, 0.29) is 37.2 Å². The van der Waals surface area contributed by atoms with Crippen molar-refractivity contribution in [3.8, 4) is 0 Å². The van der Waals surface area contributed by atoms with Crippen LogP contribution in [0.25, 0.3) is 0 Å². The first-order valence-electron chi connectivity index (χ1n) is 4.17. The maximum atomic E-state index is 5.19. The highest BCUT2D eigenvalue weighted by Gasteiger charge is 2.11. The highest BCUT2D eigenvalue weighted by atomic mass is 35.5. The second-order valence-electron chi connectivity index (χ2n) is 3.10. The number of hydrogen-bond donors (Lipinski definition) is 2. The van der Waals surface area contributed by atoms with Crippen LogP contribution in [-0.2, 0) is 0 Å². The zero-order valence-corrected chi connectivity index (χ0v) is 10.9. The summed E-state index contributed by atoms with van der Waals surface area (Å²) in [6.45, 7) is 6.69. The minimum atomic E-state index is 0. The van der Waals surface area contributed by atoms with E-state index >= 15 is 0 Å². The van der Waals surface area contributed by atoms with E-state index in [9.17, 15) is 0 Å². The Morgan fingerprint density at radius 2 is 1.57 bits per heavy atom. The average Bonchev–Trinajstić information content (AvgIpc) is 2.04. The number of nitrogens with two attached hydrogens (primary N) is 1. The van der Waals surface area contributed by atoms with Crippen molar-refractivity contribution in [1.29, 1.82) is 0 Å². The topological polar surface area (TPSA) is 44.5 Å². The Labute approximate surface area is 105 Å². The van der Waals surface area contributed by atoms with Crippen LogP contribution in [-0.4, -0.2) is 56.1 Å². The van der Waals surface area contributed by atoms with Gasteiger partial charge in [-0.15, -0.1) is 37.2 Å². The molecule has 0 aliphatic carbocycles. The molecule has 7 heteroatoms. The van der Waals surface area contributed by atoms with Crippen molar-refractivity contribution >= 4 is 37.2 Å². The van der Waals surface area contributed by atoms with Crippen LogP contribution in [0.3, 0.4) is 0 Å². The summed E-state index contributed by atoms with van der Waals surface area (Å²) >= 11 is 0. The first-order chi connectivity index (χ1) is 5.33. The lowest BCUT2D eigenvalue weighted by Gasteiger charge is -2.32. The summed E-state index contributed by atoms with van der Waals surface area (Å²) in [7, 11) is 2.17. The third-order valence-corrected chi connectivity index (χ3v) is 2.17. The van der Waals surface area contributed by atoms with Crippen molar-refractivity contribution in [2.45, 2.75) is 0 Å². The Kier molecular flexibility index (Phi) is 17.0. The van der Waals surface area contributed by atoms with Crippen molar-refractivity contribution in [2.24, 2.45) is 5.84 Å². The maximum absolute atomic E-state index is 5.19. The second-order valence-corrected chi connectivity index (χ2v) is 3.10. The van der Waals surface area contributed by atoms with E-state index in [0.717, 1.165) is 13.1 Å². The predicted octanol–water partition coefficient (Wildman–Crippen LogP) is -0.0375. The van der Waals surface area contributed by atoms with Gasteiger partial charge in [-0.3, -0.25) is 16.2 Å². The van der Waals surface area contributed by atoms with Crippen LogP contribution in [0.2, 0.25) is 0 Å². The molecule has 0 aromatic rings. The van der Waals surface area contributed by atoms with Crippen molar-refractivity contribution in [3.05, 3.63) is 0 Å². The van der Waals surface area contributed by atoms with Crippen molar-refractivity contribution in [3.63, 3.8) is 0 Å². The minimum absolute atomic E-state index is 0. The molecule has 4 nitrogen and oxygen atoms in total. The monoisotopic (exact) mass is 266 g/mol. The van der Waals surface area contributed by atoms with Crippen LogP contribution in [0.15, 0.2) is 0 Å². The highest BCUT2D eigenvalue weighted by Crippen LogP contribution is 1.96. The molecule has 90 valence electrons. The summed E-state index contributed by atoms with van der Waals surface area (Å²) in [6.07, 6.45) is 0. The smallest absolute Gasteiger partial charge is 0.0225 e. The van der Waals surface area contributed by atoms with Gasteiger partial charge in [0.05, 0.1) is 0 Å². The van der Waals surface area contributed by atoms with Gasteiger partial charge in [0.2, 0.25) is 0 Å². The van der Waals surface area contributed by atoms with Gasteiger partial charge < -0.3 is 4.90 Å². The Morgan fingerprint density at radius 3 is 2.00 bits per heavy atom. The normalized spacial score (nSPS) is 17.6. The maximum Gasteiger partial charge on any atom is 0.0225 e. The van der Waals surface area contributed by atoms with Crippen LogP contribution in [0, 0.1) is 0 Å². The van der Waals surface area contributed by atoms with E-state index < -0.39 is 0 Å². The largest absolute Gasteiger partial charge is 0.304 e. The summed E-state index contributed by atoms with van der Waals surface area (Å²) < 4.78 is 0. The number of nitrogens with one attached hydrogen (secondary N) is 1. The van der Waals surface area contributed by atoms with E-state index in [4.69, 9.17) is 5.84 Å². The average molecular weight is 268 g/mol. The number of nitrogens with zero attached hydrogens (tertiary/aromatic N) is 2. The molecule has 0 atom stereocenters. The summed E-state index contributed by atoms with van der Waals surface area (Å²) in [5, 5.41) is 0. The van der Waals surface area contributed by atoms with Gasteiger partial charge in [0.15, 0.2) is 0 Å². The molecule has 0 bridgehead atoms. The van der Waals surface area contributed by atoms with E-state index in [0.29, 0.717) is 0 Å². The van der Waals surface area contributed by atoms with Gasteiger partial charge in [0.25, 0.3) is 0 Å². The Morgan fingerprint density at radius 1 is 1.07 bits per heavy atom. The zero-order chi connectivity index (χ0) is 8.10. The molecule has 1 aliphatic heterocycles. The fraction of sp³-hybridized carbons (Fsp3) is 1.00. The first kappa shape index (κ1) is 20.2. The SMILES string of the molecule is CN1CCN(CCNN)CC1.Cl.Cl.Cl. The summed E-state index contributed by atoms with van der Waals surface area (Å²) in [5.74, 6) is 5.19. The molecule has 3 N–H and O–H groups in total. The lowest BCUT2D eigenvalue weighted by atomic mass is 10.3. The lowest BCUT2D eigenvalue weighted by molar-refractivity contribution is 0.155. The van der Waals surface area contributed by atoms with Gasteiger partial charge in [-0.25, -0.2) is 0 Å². The van der Waals surface area contributed by atoms with E-state index in [1.807, 2.05) is 0 Å². The number of halogens is 3. The van der Waals surface area contributed by atoms with Gasteiger partial charge in [-0.2, -0.15) is 0 Å². The fourth-order valence-corrected chi connectivity index (χ4v) is 1.29. The molecule has 14 heavy (non-hydrogen) atoms. The molecule has 0 unspecified atom stereocenters. The molecule has 1 fully saturated rings. The van der Waals surface area contributed by atoms with Gasteiger partial charge in [-0.05, 0) is 7.05 Å². The minimum Gasteiger partial charge on any atom is -0.304 e. The highest BCUT2D eigenvalue weighted by molar-refractivity contribution is 5.86. The van der Waals surface area contributed by atoms with Crippen molar-refractivity contribution in [2.75, 3.05) is 46.3 Å². The van der Waals surface area contributed by atoms with Gasteiger partial charge in [0.1, 0.15) is 0 Å².